The topological polar surface area (TPSA) is 78.8 Å². The van der Waals surface area contributed by atoms with Crippen LogP contribution in [0.3, 0.4) is 0 Å². The van der Waals surface area contributed by atoms with Gasteiger partial charge < -0.3 is 10.5 Å². The monoisotopic (exact) mass is 281 g/mol. The zero-order chi connectivity index (χ0) is 14.0. The maximum atomic E-state index is 5.99. The largest absolute Gasteiger partial charge is 0.398 e. The summed E-state index contributed by atoms with van der Waals surface area (Å²) in [4.78, 5) is 0. The van der Waals surface area contributed by atoms with E-state index in [-0.39, 0.29) is 5.60 Å². The van der Waals surface area contributed by atoms with E-state index in [0.29, 0.717) is 28.6 Å². The van der Waals surface area contributed by atoms with Crippen LogP contribution >= 0.6 is 11.6 Å². The van der Waals surface area contributed by atoms with Crippen molar-refractivity contribution in [3.63, 3.8) is 0 Å². The van der Waals surface area contributed by atoms with Crippen LogP contribution in [0.2, 0.25) is 5.02 Å². The summed E-state index contributed by atoms with van der Waals surface area (Å²) in [6.45, 7) is 4.43. The number of hydrogen-bond donors (Lipinski definition) is 1. The number of anilines is 1. The number of nitrogens with two attached hydrogens (primary N) is 1. The van der Waals surface area contributed by atoms with Gasteiger partial charge in [-0.1, -0.05) is 11.6 Å². The van der Waals surface area contributed by atoms with E-state index in [4.69, 9.17) is 22.1 Å². The number of methoxy groups -OCH3 is 1. The molecule has 0 radical (unpaired) electrons. The number of tetrazole rings is 1. The molecule has 0 aliphatic carbocycles. The lowest BCUT2D eigenvalue weighted by molar-refractivity contribution is 0.00539. The van der Waals surface area contributed by atoms with Gasteiger partial charge in [0.2, 0.25) is 0 Å². The van der Waals surface area contributed by atoms with Crippen LogP contribution in [0.15, 0.2) is 18.2 Å². The van der Waals surface area contributed by atoms with E-state index in [1.165, 1.54) is 0 Å². The molecule has 0 atom stereocenters. The molecule has 7 heteroatoms. The number of nitrogen functional groups attached to an aromatic ring is 1. The number of ether oxygens (including phenoxy) is 1. The lowest BCUT2D eigenvalue weighted by Crippen LogP contribution is -2.30. The number of hydrogen-bond acceptors (Lipinski definition) is 5. The van der Waals surface area contributed by atoms with Gasteiger partial charge in [0.05, 0.1) is 12.1 Å². The first-order chi connectivity index (χ1) is 8.93. The van der Waals surface area contributed by atoms with Crippen molar-refractivity contribution in [3.8, 4) is 11.4 Å². The highest BCUT2D eigenvalue weighted by atomic mass is 35.5. The summed E-state index contributed by atoms with van der Waals surface area (Å²) in [5, 5.41) is 12.3. The van der Waals surface area contributed by atoms with Crippen molar-refractivity contribution in [2.24, 2.45) is 0 Å². The minimum atomic E-state index is -0.378. The molecule has 0 aliphatic rings. The minimum absolute atomic E-state index is 0.378. The fourth-order valence-electron chi connectivity index (χ4n) is 1.65. The summed E-state index contributed by atoms with van der Waals surface area (Å²) in [7, 11) is 1.65. The molecule has 2 rings (SSSR count). The van der Waals surface area contributed by atoms with Gasteiger partial charge >= 0.3 is 0 Å². The molecule has 1 aromatic heterocycles. The number of rotatable bonds is 4. The summed E-state index contributed by atoms with van der Waals surface area (Å²) >= 11 is 5.99. The smallest absolute Gasteiger partial charge is 0.184 e. The van der Waals surface area contributed by atoms with E-state index in [0.717, 1.165) is 0 Å². The molecule has 2 N–H and O–H groups in total. The maximum Gasteiger partial charge on any atom is 0.184 e. The van der Waals surface area contributed by atoms with Crippen molar-refractivity contribution in [1.29, 1.82) is 0 Å². The summed E-state index contributed by atoms with van der Waals surface area (Å²) in [6, 6.07) is 5.21. The summed E-state index contributed by atoms with van der Waals surface area (Å²) in [5.74, 6) is 0.574. The van der Waals surface area contributed by atoms with E-state index in [9.17, 15) is 0 Å². The van der Waals surface area contributed by atoms with Crippen LogP contribution in [0.1, 0.15) is 13.8 Å². The Morgan fingerprint density at radius 3 is 2.84 bits per heavy atom. The van der Waals surface area contributed by atoms with Crippen LogP contribution in [-0.4, -0.2) is 32.9 Å². The van der Waals surface area contributed by atoms with Crippen molar-refractivity contribution in [1.82, 2.24) is 20.2 Å². The molecule has 6 nitrogen and oxygen atoms in total. The third-order valence-corrected chi connectivity index (χ3v) is 3.11. The van der Waals surface area contributed by atoms with E-state index >= 15 is 0 Å². The highest BCUT2D eigenvalue weighted by molar-refractivity contribution is 6.31. The quantitative estimate of drug-likeness (QED) is 0.867. The normalized spacial score (nSPS) is 11.8. The molecule has 0 amide bonds. The van der Waals surface area contributed by atoms with Crippen molar-refractivity contribution in [2.75, 3.05) is 12.8 Å². The zero-order valence-electron chi connectivity index (χ0n) is 11.1. The fraction of sp³-hybridized carbons (Fsp3) is 0.417. The van der Waals surface area contributed by atoms with Crippen molar-refractivity contribution >= 4 is 17.3 Å². The number of aromatic nitrogens is 4. The lowest BCUT2D eigenvalue weighted by Gasteiger charge is -2.22. The van der Waals surface area contributed by atoms with Crippen molar-refractivity contribution in [3.05, 3.63) is 23.2 Å². The molecule has 2 aromatic rings. The van der Waals surface area contributed by atoms with Gasteiger partial charge in [-0.3, -0.25) is 0 Å². The van der Waals surface area contributed by atoms with Gasteiger partial charge in [0.15, 0.2) is 5.82 Å². The first kappa shape index (κ1) is 13.8. The van der Waals surface area contributed by atoms with Crippen LogP contribution in [0.25, 0.3) is 11.4 Å². The van der Waals surface area contributed by atoms with Gasteiger partial charge in [-0.15, -0.1) is 5.10 Å². The molecule has 0 bridgehead atoms. The number of nitrogens with zero attached hydrogens (tertiary/aromatic N) is 4. The Kier molecular flexibility index (Phi) is 3.73. The summed E-state index contributed by atoms with van der Waals surface area (Å²) < 4.78 is 7.04. The van der Waals surface area contributed by atoms with Gasteiger partial charge in [0, 0.05) is 23.4 Å². The summed E-state index contributed by atoms with van der Waals surface area (Å²) in [6.07, 6.45) is 0. The fourth-order valence-corrected chi connectivity index (χ4v) is 1.82. The Hall–Kier alpha value is -1.66. The van der Waals surface area contributed by atoms with Crippen LogP contribution in [0.4, 0.5) is 5.69 Å². The lowest BCUT2D eigenvalue weighted by atomic mass is 10.1. The first-order valence-electron chi connectivity index (χ1n) is 5.80. The first-order valence-corrected chi connectivity index (χ1v) is 6.17. The molecule has 102 valence electrons. The molecule has 1 heterocycles. The van der Waals surface area contributed by atoms with Crippen LogP contribution in [0, 0.1) is 0 Å². The van der Waals surface area contributed by atoms with Crippen molar-refractivity contribution < 1.29 is 4.74 Å². The molecule has 19 heavy (non-hydrogen) atoms. The van der Waals surface area contributed by atoms with Gasteiger partial charge in [-0.25, -0.2) is 4.68 Å². The molecule has 0 aliphatic heterocycles. The Morgan fingerprint density at radius 1 is 1.42 bits per heavy atom. The number of benzene rings is 1. The van der Waals surface area contributed by atoms with Crippen LogP contribution in [0.5, 0.6) is 0 Å². The molecule has 1 aromatic carbocycles. The average Bonchev–Trinajstić information content (AvgIpc) is 2.79. The molecular weight excluding hydrogens is 266 g/mol. The van der Waals surface area contributed by atoms with Crippen LogP contribution in [-0.2, 0) is 11.3 Å². The Labute approximate surface area is 116 Å². The van der Waals surface area contributed by atoms with Gasteiger partial charge in [0.1, 0.15) is 0 Å². The predicted molar refractivity (Wildman–Crippen MR) is 73.8 cm³/mol. The second kappa shape index (κ2) is 5.14. The standard InChI is InChI=1S/C12H16ClN5O/c1-12(2,19-3)7-18-11(15-16-17-18)9-6-8(13)4-5-10(9)14/h4-6H,7,14H2,1-3H3. The highest BCUT2D eigenvalue weighted by Gasteiger charge is 2.21. The van der Waals surface area contributed by atoms with E-state index in [2.05, 4.69) is 15.5 Å². The number of halogens is 1. The van der Waals surface area contributed by atoms with Crippen LogP contribution < -0.4 is 5.73 Å². The Morgan fingerprint density at radius 2 is 2.16 bits per heavy atom. The Balaban J connectivity index is 2.42. The van der Waals surface area contributed by atoms with E-state index < -0.39 is 0 Å². The van der Waals surface area contributed by atoms with E-state index in [1.807, 2.05) is 13.8 Å². The van der Waals surface area contributed by atoms with Gasteiger partial charge in [-0.2, -0.15) is 0 Å². The average molecular weight is 282 g/mol. The zero-order valence-corrected chi connectivity index (χ0v) is 11.8. The van der Waals surface area contributed by atoms with Gasteiger partial charge in [0.25, 0.3) is 0 Å². The third kappa shape index (κ3) is 3.02. The molecular formula is C12H16ClN5O. The molecule has 0 unspecified atom stereocenters. The molecule has 0 spiro atoms. The minimum Gasteiger partial charge on any atom is -0.398 e. The highest BCUT2D eigenvalue weighted by Crippen LogP contribution is 2.27. The molecule has 0 saturated carbocycles. The Bertz CT molecular complexity index is 581. The van der Waals surface area contributed by atoms with Crippen molar-refractivity contribution in [2.45, 2.75) is 26.0 Å². The SMILES string of the molecule is COC(C)(C)Cn1nnnc1-c1cc(Cl)ccc1N. The van der Waals surface area contributed by atoms with E-state index in [1.54, 1.807) is 30.0 Å². The second-order valence-corrected chi connectivity index (χ2v) is 5.29. The maximum absolute atomic E-state index is 5.99. The second-order valence-electron chi connectivity index (χ2n) is 4.86. The summed E-state index contributed by atoms with van der Waals surface area (Å²) in [5.41, 5.74) is 6.86. The molecule has 0 fully saturated rings. The third-order valence-electron chi connectivity index (χ3n) is 2.87. The predicted octanol–water partition coefficient (Wildman–Crippen LogP) is 2.00. The van der Waals surface area contributed by atoms with Gasteiger partial charge in [-0.05, 0) is 42.5 Å². The molecule has 0 saturated heterocycles.